The first-order valence-corrected chi connectivity index (χ1v) is 26.5. The molecule has 19 heteroatoms. The summed E-state index contributed by atoms with van der Waals surface area (Å²) in [6.45, 7) is 8.04. The van der Waals surface area contributed by atoms with Crippen molar-refractivity contribution in [2.24, 2.45) is 5.92 Å². The molecule has 2 unspecified atom stereocenters. The number of Topliss-reactive ketones (excluding diaryl/α,β-unsaturated/α-hetero) is 1. The lowest BCUT2D eigenvalue weighted by atomic mass is 9.83. The maximum Gasteiger partial charge on any atom is 0.263 e. The third-order valence-corrected chi connectivity index (χ3v) is 15.9. The van der Waals surface area contributed by atoms with Gasteiger partial charge in [-0.2, -0.15) is 4.98 Å². The molecule has 72 heavy (non-hydrogen) atoms. The summed E-state index contributed by atoms with van der Waals surface area (Å²) in [6.07, 6.45) is 13.9. The topological polar surface area (TPSA) is 214 Å². The summed E-state index contributed by atoms with van der Waals surface area (Å²) >= 11 is 1.38. The van der Waals surface area contributed by atoms with Gasteiger partial charge in [-0.1, -0.05) is 44.2 Å². The van der Waals surface area contributed by atoms with Gasteiger partial charge in [-0.25, -0.2) is 15.0 Å². The summed E-state index contributed by atoms with van der Waals surface area (Å²) in [4.78, 5) is 105. The standard InChI is InChI=1S/C53H65N11O7S/c1-32-40-30-56-53(60-48(40)64(37-15-8-9-16-37)51(69)45(32)34(3)65)58-43-20-19-38(29-55-43)61-23-25-62(26-24-61)44(66)21-27-71-39-17-10-14-36(28-39)47(67)41-31-72-50(57-41)42-18-11-22-63(42)52(70)46(35-12-6-5-7-13-35)59-49(68)33(2)54-4/h10,14,17,19-20,28-31,33,35,37,42,46,54H,5-9,11-13,15-16,18,21-27H2,1-4H3,(H,59,68)(H,55,56,58,60)/t33?,42-,46?/m0/s1. The molecule has 0 spiro atoms. The van der Waals surface area contributed by atoms with Gasteiger partial charge >= 0.3 is 0 Å². The number of nitrogens with zero attached hydrogens (tertiary/aromatic N) is 8. The van der Waals surface area contributed by atoms with E-state index in [9.17, 15) is 28.8 Å². The number of likely N-dealkylation sites (tertiary alicyclic amines) is 1. The second kappa shape index (κ2) is 22.4. The monoisotopic (exact) mass is 999 g/mol. The van der Waals surface area contributed by atoms with E-state index < -0.39 is 12.1 Å². The van der Waals surface area contributed by atoms with Gasteiger partial charge in [0.2, 0.25) is 29.5 Å². The lowest BCUT2D eigenvalue weighted by molar-refractivity contribution is -0.139. The number of likely N-dealkylation sites (N-methyl/N-ethyl adjacent to an activating group) is 1. The van der Waals surface area contributed by atoms with E-state index in [4.69, 9.17) is 14.7 Å². The number of fused-ring (bicyclic) bond motifs is 1. The van der Waals surface area contributed by atoms with Gasteiger partial charge in [0.1, 0.15) is 34.0 Å². The molecule has 2 aliphatic heterocycles. The van der Waals surface area contributed by atoms with Crippen molar-refractivity contribution in [3.8, 4) is 5.75 Å². The number of amides is 3. The number of carbonyl (C=O) groups is 5. The van der Waals surface area contributed by atoms with Gasteiger partial charge < -0.3 is 35.4 Å². The molecule has 0 radical (unpaired) electrons. The zero-order chi connectivity index (χ0) is 50.5. The van der Waals surface area contributed by atoms with Crippen LogP contribution in [0.5, 0.6) is 5.75 Å². The Labute approximate surface area is 423 Å². The van der Waals surface area contributed by atoms with E-state index in [-0.39, 0.29) is 71.4 Å². The highest BCUT2D eigenvalue weighted by molar-refractivity contribution is 7.10. The number of hydrogen-bond acceptors (Lipinski definition) is 15. The van der Waals surface area contributed by atoms with Gasteiger partial charge in [-0.3, -0.25) is 33.3 Å². The minimum atomic E-state index is -0.598. The van der Waals surface area contributed by atoms with E-state index in [1.807, 2.05) is 21.9 Å². The number of aryl methyl sites for hydroxylation is 1. The zero-order valence-electron chi connectivity index (χ0n) is 41.7. The Hall–Kier alpha value is -6.60. The number of thiazole rings is 1. The normalized spacial score (nSPS) is 18.6. The molecule has 2 saturated carbocycles. The predicted molar refractivity (Wildman–Crippen MR) is 275 cm³/mol. The Morgan fingerprint density at radius 2 is 1.64 bits per heavy atom. The summed E-state index contributed by atoms with van der Waals surface area (Å²) in [5.41, 5.74) is 2.63. The van der Waals surface area contributed by atoms with Crippen LogP contribution in [-0.4, -0.2) is 122 Å². The number of nitrogens with one attached hydrogen (secondary N) is 3. The molecule has 380 valence electrons. The predicted octanol–water partition coefficient (Wildman–Crippen LogP) is 6.70. The van der Waals surface area contributed by atoms with Crippen LogP contribution in [0, 0.1) is 12.8 Å². The second-order valence-corrected chi connectivity index (χ2v) is 20.5. The molecular weight excluding hydrogens is 935 g/mol. The number of carbonyl (C=O) groups excluding carboxylic acids is 5. The Morgan fingerprint density at radius 1 is 0.875 bits per heavy atom. The second-order valence-electron chi connectivity index (χ2n) is 19.6. The largest absolute Gasteiger partial charge is 0.493 e. The lowest BCUT2D eigenvalue weighted by Gasteiger charge is -2.36. The highest BCUT2D eigenvalue weighted by Gasteiger charge is 2.40. The first-order valence-electron chi connectivity index (χ1n) is 25.6. The molecule has 4 aromatic heterocycles. The summed E-state index contributed by atoms with van der Waals surface area (Å²) in [6, 6.07) is 9.41. The Kier molecular flexibility index (Phi) is 15.7. The van der Waals surface area contributed by atoms with Gasteiger partial charge in [-0.05, 0) is 102 Å². The fourth-order valence-corrected chi connectivity index (χ4v) is 11.8. The van der Waals surface area contributed by atoms with Crippen molar-refractivity contribution in [1.82, 2.24) is 44.9 Å². The van der Waals surface area contributed by atoms with Crippen molar-refractivity contribution in [1.29, 1.82) is 0 Å². The van der Waals surface area contributed by atoms with E-state index in [2.05, 4.69) is 30.8 Å². The summed E-state index contributed by atoms with van der Waals surface area (Å²) in [7, 11) is 1.73. The molecule has 18 nitrogen and oxygen atoms in total. The van der Waals surface area contributed by atoms with E-state index in [0.29, 0.717) is 83.1 Å². The SMILES string of the molecule is CNC(C)C(=O)NC(C(=O)N1CCC[C@H]1c1nc(C(=O)c2cccc(OCCC(=O)N3CCN(c4ccc(Nc5ncc6c(C)c(C(C)=O)c(=O)n(C7CCCC7)c6n5)nc4)CC3)c2)cs1)C1CCCCC1. The minimum absolute atomic E-state index is 0.0181. The first-order chi connectivity index (χ1) is 34.9. The molecule has 6 heterocycles. The maximum absolute atomic E-state index is 14.2. The molecule has 2 aliphatic carbocycles. The number of benzene rings is 1. The molecule has 4 aliphatic rings. The third kappa shape index (κ3) is 10.9. The van der Waals surface area contributed by atoms with Crippen LogP contribution in [0.1, 0.15) is 140 Å². The summed E-state index contributed by atoms with van der Waals surface area (Å²) in [5.74, 6) is 0.602. The van der Waals surface area contributed by atoms with Crippen LogP contribution in [0.25, 0.3) is 11.0 Å². The van der Waals surface area contributed by atoms with Crippen LogP contribution in [0.3, 0.4) is 0 Å². The van der Waals surface area contributed by atoms with Crippen LogP contribution in [0.15, 0.2) is 59.0 Å². The Bertz CT molecular complexity index is 2870. The molecule has 2 saturated heterocycles. The van der Waals surface area contributed by atoms with Crippen molar-refractivity contribution in [2.45, 2.75) is 122 Å². The molecule has 1 aromatic carbocycles. The fourth-order valence-electron chi connectivity index (χ4n) is 10.8. The smallest absolute Gasteiger partial charge is 0.263 e. The Morgan fingerprint density at radius 3 is 2.36 bits per heavy atom. The van der Waals surface area contributed by atoms with Gasteiger partial charge in [0, 0.05) is 61.3 Å². The number of pyridine rings is 2. The highest BCUT2D eigenvalue weighted by Crippen LogP contribution is 2.37. The first kappa shape index (κ1) is 50.3. The molecular formula is C53H65N11O7S. The van der Waals surface area contributed by atoms with Crippen molar-refractivity contribution in [2.75, 3.05) is 56.6 Å². The maximum atomic E-state index is 14.2. The average molecular weight is 1000 g/mol. The highest BCUT2D eigenvalue weighted by atomic mass is 32.1. The van der Waals surface area contributed by atoms with Crippen molar-refractivity contribution in [3.63, 3.8) is 0 Å². The number of piperazine rings is 1. The van der Waals surface area contributed by atoms with E-state index in [1.165, 1.54) is 18.3 Å². The molecule has 3 amide bonds. The number of rotatable bonds is 17. The quantitative estimate of drug-likeness (QED) is 0.0828. The number of anilines is 3. The van der Waals surface area contributed by atoms with E-state index in [1.54, 1.807) is 67.5 Å². The Balaban J connectivity index is 0.754. The van der Waals surface area contributed by atoms with Gasteiger partial charge in [-0.15, -0.1) is 11.3 Å². The van der Waals surface area contributed by atoms with Gasteiger partial charge in [0.25, 0.3) is 5.56 Å². The number of hydrogen-bond donors (Lipinski definition) is 3. The van der Waals surface area contributed by atoms with Crippen molar-refractivity contribution in [3.05, 3.63) is 91.9 Å². The van der Waals surface area contributed by atoms with E-state index >= 15 is 0 Å². The zero-order valence-corrected chi connectivity index (χ0v) is 42.5. The summed E-state index contributed by atoms with van der Waals surface area (Å²) < 4.78 is 7.70. The van der Waals surface area contributed by atoms with Gasteiger partial charge in [0.15, 0.2) is 5.78 Å². The lowest BCUT2D eigenvalue weighted by Crippen LogP contribution is -2.55. The minimum Gasteiger partial charge on any atom is -0.493 e. The molecule has 9 rings (SSSR count). The van der Waals surface area contributed by atoms with Crippen LogP contribution in [0.2, 0.25) is 0 Å². The van der Waals surface area contributed by atoms with Crippen LogP contribution in [0.4, 0.5) is 17.5 Å². The molecule has 4 fully saturated rings. The number of ether oxygens (including phenoxy) is 1. The fraction of sp³-hybridized carbons (Fsp3) is 0.509. The van der Waals surface area contributed by atoms with E-state index in [0.717, 1.165) is 76.3 Å². The molecule has 3 atom stereocenters. The number of aromatic nitrogens is 5. The molecule has 5 aromatic rings. The van der Waals surface area contributed by atoms with Crippen LogP contribution < -0.4 is 31.1 Å². The third-order valence-electron chi connectivity index (χ3n) is 15.0. The molecule has 0 bridgehead atoms. The van der Waals surface area contributed by atoms with Crippen LogP contribution >= 0.6 is 11.3 Å². The van der Waals surface area contributed by atoms with Crippen molar-refractivity contribution >= 4 is 69.1 Å². The average Bonchev–Trinajstić information content (AvgIpc) is 4.22. The number of ketones is 2. The van der Waals surface area contributed by atoms with Gasteiger partial charge in [0.05, 0.1) is 42.6 Å². The summed E-state index contributed by atoms with van der Waals surface area (Å²) in [5, 5.41) is 12.4. The van der Waals surface area contributed by atoms with Crippen LogP contribution in [-0.2, 0) is 14.4 Å². The van der Waals surface area contributed by atoms with Crippen molar-refractivity contribution < 1.29 is 28.7 Å². The molecule has 3 N–H and O–H groups in total.